The van der Waals surface area contributed by atoms with Crippen LogP contribution in [0.2, 0.25) is 5.02 Å². The lowest BCUT2D eigenvalue weighted by Crippen LogP contribution is -2.40. The second-order valence-corrected chi connectivity index (χ2v) is 7.08. The summed E-state index contributed by atoms with van der Waals surface area (Å²) in [5.74, 6) is 0.760. The number of rotatable bonds is 6. The molecule has 130 valence electrons. The zero-order chi connectivity index (χ0) is 17.6. The van der Waals surface area contributed by atoms with E-state index in [9.17, 15) is 4.79 Å². The van der Waals surface area contributed by atoms with Crippen LogP contribution in [-0.2, 0) is 13.5 Å². The van der Waals surface area contributed by atoms with Crippen LogP contribution in [0.3, 0.4) is 0 Å². The van der Waals surface area contributed by atoms with Crippen LogP contribution in [0.15, 0.2) is 54.2 Å². The molecule has 1 aromatic carbocycles. The molecule has 0 spiro atoms. The number of nitrogens with one attached hydrogen (secondary N) is 2. The van der Waals surface area contributed by atoms with Crippen molar-refractivity contribution < 1.29 is 4.79 Å². The average Bonchev–Trinajstić information content (AvgIpc) is 3.25. The highest BCUT2D eigenvalue weighted by molar-refractivity contribution is 7.09. The minimum absolute atomic E-state index is 0.223. The van der Waals surface area contributed by atoms with Gasteiger partial charge >= 0.3 is 6.03 Å². The summed E-state index contributed by atoms with van der Waals surface area (Å²) in [5.41, 5.74) is 0.923. The Bertz CT molecular complexity index is 814. The number of aromatic nitrogens is 2. The van der Waals surface area contributed by atoms with E-state index in [1.54, 1.807) is 17.5 Å². The maximum atomic E-state index is 12.3. The minimum Gasteiger partial charge on any atom is -0.338 e. The van der Waals surface area contributed by atoms with Crippen molar-refractivity contribution in [2.24, 2.45) is 7.05 Å². The highest BCUT2D eigenvalue weighted by atomic mass is 35.5. The molecule has 2 heterocycles. The zero-order valence-electron chi connectivity index (χ0n) is 13.8. The van der Waals surface area contributed by atoms with E-state index in [0.29, 0.717) is 11.6 Å². The van der Waals surface area contributed by atoms with Crippen molar-refractivity contribution in [2.75, 3.05) is 6.54 Å². The smallest absolute Gasteiger partial charge is 0.315 e. The molecule has 25 heavy (non-hydrogen) atoms. The third-order valence-corrected chi connectivity index (χ3v) is 5.02. The van der Waals surface area contributed by atoms with Gasteiger partial charge in [-0.1, -0.05) is 29.8 Å². The first-order chi connectivity index (χ1) is 12.1. The summed E-state index contributed by atoms with van der Waals surface area (Å²) in [6.07, 6.45) is 4.39. The van der Waals surface area contributed by atoms with Crippen LogP contribution >= 0.6 is 22.9 Å². The van der Waals surface area contributed by atoms with Gasteiger partial charge in [-0.25, -0.2) is 9.78 Å². The number of benzene rings is 1. The Hall–Kier alpha value is -2.31. The Labute approximate surface area is 155 Å². The highest BCUT2D eigenvalue weighted by Crippen LogP contribution is 2.22. The molecule has 7 heteroatoms. The number of carbonyl (C=O) groups excluding carboxylic acids is 1. The van der Waals surface area contributed by atoms with Gasteiger partial charge in [0.15, 0.2) is 0 Å². The third-order valence-electron chi connectivity index (χ3n) is 3.83. The maximum Gasteiger partial charge on any atom is 0.315 e. The molecule has 0 radical (unpaired) electrons. The van der Waals surface area contributed by atoms with Crippen molar-refractivity contribution >= 4 is 29.0 Å². The van der Waals surface area contributed by atoms with E-state index >= 15 is 0 Å². The Balaban J connectivity index is 1.68. The minimum atomic E-state index is -0.348. The third kappa shape index (κ3) is 4.61. The van der Waals surface area contributed by atoms with Crippen molar-refractivity contribution in [3.8, 4) is 0 Å². The van der Waals surface area contributed by atoms with Crippen molar-refractivity contribution in [1.82, 2.24) is 20.2 Å². The predicted molar refractivity (Wildman–Crippen MR) is 101 cm³/mol. The van der Waals surface area contributed by atoms with Gasteiger partial charge in [-0.05, 0) is 35.6 Å². The summed E-state index contributed by atoms with van der Waals surface area (Å²) >= 11 is 7.67. The van der Waals surface area contributed by atoms with E-state index < -0.39 is 0 Å². The highest BCUT2D eigenvalue weighted by Gasteiger charge is 2.20. The molecule has 2 amide bonds. The molecule has 3 rings (SSSR count). The van der Waals surface area contributed by atoms with Gasteiger partial charge in [0.1, 0.15) is 11.9 Å². The van der Waals surface area contributed by atoms with Gasteiger partial charge in [0, 0.05) is 35.9 Å². The van der Waals surface area contributed by atoms with Crippen molar-refractivity contribution in [3.05, 3.63) is 75.5 Å². The molecule has 3 aromatic rings. The van der Waals surface area contributed by atoms with Gasteiger partial charge in [-0.3, -0.25) is 0 Å². The second kappa shape index (κ2) is 8.18. The average molecular weight is 375 g/mol. The van der Waals surface area contributed by atoms with E-state index in [-0.39, 0.29) is 12.1 Å². The summed E-state index contributed by atoms with van der Waals surface area (Å²) < 4.78 is 1.89. The van der Waals surface area contributed by atoms with Gasteiger partial charge in [-0.15, -0.1) is 11.3 Å². The maximum absolute atomic E-state index is 12.3. The van der Waals surface area contributed by atoms with Crippen LogP contribution in [0.5, 0.6) is 0 Å². The van der Waals surface area contributed by atoms with Crippen LogP contribution in [0.25, 0.3) is 0 Å². The number of urea groups is 1. The second-order valence-electron chi connectivity index (χ2n) is 5.61. The fraction of sp³-hybridized carbons (Fsp3) is 0.222. The van der Waals surface area contributed by atoms with E-state index in [4.69, 9.17) is 11.6 Å². The normalized spacial score (nSPS) is 11.9. The molecule has 0 aliphatic rings. The molecule has 0 aliphatic carbocycles. The largest absolute Gasteiger partial charge is 0.338 e. The van der Waals surface area contributed by atoms with Crippen LogP contribution in [0, 0.1) is 0 Å². The number of nitrogens with zero attached hydrogens (tertiary/aromatic N) is 2. The van der Waals surface area contributed by atoms with Crippen LogP contribution < -0.4 is 10.6 Å². The fourth-order valence-electron chi connectivity index (χ4n) is 2.54. The first kappa shape index (κ1) is 17.5. The van der Waals surface area contributed by atoms with Crippen LogP contribution in [0.1, 0.15) is 22.3 Å². The molecule has 2 N–H and O–H groups in total. The monoisotopic (exact) mass is 374 g/mol. The van der Waals surface area contributed by atoms with Crippen LogP contribution in [0.4, 0.5) is 4.79 Å². The van der Waals surface area contributed by atoms with E-state index in [1.807, 2.05) is 53.5 Å². The summed E-state index contributed by atoms with van der Waals surface area (Å²) in [7, 11) is 1.90. The number of halogens is 1. The molecule has 2 aromatic heterocycles. The Morgan fingerprint density at radius 1 is 1.32 bits per heavy atom. The van der Waals surface area contributed by atoms with Crippen molar-refractivity contribution in [3.63, 3.8) is 0 Å². The summed E-state index contributed by atoms with van der Waals surface area (Å²) in [6, 6.07) is 10.9. The van der Waals surface area contributed by atoms with Crippen molar-refractivity contribution in [1.29, 1.82) is 0 Å². The molecular formula is C18H19ClN4OS. The number of thiophene rings is 1. The van der Waals surface area contributed by atoms with E-state index in [2.05, 4.69) is 21.7 Å². The van der Waals surface area contributed by atoms with Gasteiger partial charge in [0.2, 0.25) is 0 Å². The Morgan fingerprint density at radius 2 is 2.12 bits per heavy atom. The molecule has 0 unspecified atom stereocenters. The first-order valence-corrected chi connectivity index (χ1v) is 9.18. The van der Waals surface area contributed by atoms with Gasteiger partial charge in [0.25, 0.3) is 0 Å². The standard InChI is InChI=1S/C18H19ClN4OS/c1-23-11-10-20-17(23)16(13-4-6-14(19)7-5-13)22-18(24)21-9-8-15-3-2-12-25-15/h2-7,10-12,16H,8-9H2,1H3,(H2,21,22,24)/t16-/m0/s1. The summed E-state index contributed by atoms with van der Waals surface area (Å²) in [4.78, 5) is 18.0. The molecular weight excluding hydrogens is 356 g/mol. The quantitative estimate of drug-likeness (QED) is 0.690. The van der Waals surface area contributed by atoms with E-state index in [0.717, 1.165) is 17.8 Å². The molecule has 0 aliphatic heterocycles. The molecule has 0 bridgehead atoms. The summed E-state index contributed by atoms with van der Waals surface area (Å²) in [5, 5.41) is 8.60. The lowest BCUT2D eigenvalue weighted by atomic mass is 10.1. The summed E-state index contributed by atoms with van der Waals surface area (Å²) in [6.45, 7) is 0.584. The molecule has 1 atom stereocenters. The number of carbonyl (C=O) groups is 1. The topological polar surface area (TPSA) is 59.0 Å². The lowest BCUT2D eigenvalue weighted by molar-refractivity contribution is 0.238. The molecule has 5 nitrogen and oxygen atoms in total. The number of imidazole rings is 1. The number of hydrogen-bond acceptors (Lipinski definition) is 3. The number of amides is 2. The van der Waals surface area contributed by atoms with Crippen molar-refractivity contribution in [2.45, 2.75) is 12.5 Å². The Morgan fingerprint density at radius 3 is 2.76 bits per heavy atom. The van der Waals surface area contributed by atoms with Crippen LogP contribution in [-0.4, -0.2) is 22.1 Å². The Kier molecular flexibility index (Phi) is 5.73. The molecule has 0 fully saturated rings. The fourth-order valence-corrected chi connectivity index (χ4v) is 3.38. The number of aryl methyl sites for hydroxylation is 1. The van der Waals surface area contributed by atoms with Gasteiger partial charge in [-0.2, -0.15) is 0 Å². The SMILES string of the molecule is Cn1ccnc1[C@@H](NC(=O)NCCc1cccs1)c1ccc(Cl)cc1. The zero-order valence-corrected chi connectivity index (χ0v) is 15.3. The molecule has 0 saturated carbocycles. The first-order valence-electron chi connectivity index (χ1n) is 7.93. The lowest BCUT2D eigenvalue weighted by Gasteiger charge is -2.19. The van der Waals surface area contributed by atoms with E-state index in [1.165, 1.54) is 4.88 Å². The number of hydrogen-bond donors (Lipinski definition) is 2. The molecule has 0 saturated heterocycles. The van der Waals surface area contributed by atoms with Gasteiger partial charge in [0.05, 0.1) is 0 Å². The van der Waals surface area contributed by atoms with Gasteiger partial charge < -0.3 is 15.2 Å². The predicted octanol–water partition coefficient (Wildman–Crippen LogP) is 3.77.